The third kappa shape index (κ3) is 5.78. The van der Waals surface area contributed by atoms with Crippen LogP contribution >= 0.6 is 23.8 Å². The number of nitro groups is 1. The van der Waals surface area contributed by atoms with E-state index in [0.717, 1.165) is 11.3 Å². The predicted molar refractivity (Wildman–Crippen MR) is 111 cm³/mol. The molecule has 0 aliphatic heterocycles. The van der Waals surface area contributed by atoms with Gasteiger partial charge in [-0.1, -0.05) is 11.6 Å². The summed E-state index contributed by atoms with van der Waals surface area (Å²) in [5.41, 5.74) is 1.47. The number of thiocarbonyl (C=S) groups is 1. The zero-order valence-electron chi connectivity index (χ0n) is 15.3. The second kappa shape index (κ2) is 9.50. The number of halogens is 1. The summed E-state index contributed by atoms with van der Waals surface area (Å²) in [5, 5.41) is 17.7. The van der Waals surface area contributed by atoms with Crippen LogP contribution in [-0.2, 0) is 0 Å². The fraction of sp³-hybridized carbons (Fsp3) is 0.278. The quantitative estimate of drug-likeness (QED) is 0.370. The van der Waals surface area contributed by atoms with E-state index >= 15 is 0 Å². The second-order valence-electron chi connectivity index (χ2n) is 6.16. The Balaban J connectivity index is 2.03. The van der Waals surface area contributed by atoms with Gasteiger partial charge in [-0.3, -0.25) is 10.1 Å². The zero-order chi connectivity index (χ0) is 20.0. The summed E-state index contributed by atoms with van der Waals surface area (Å²) in [6, 6.07) is 12.2. The van der Waals surface area contributed by atoms with Crippen molar-refractivity contribution in [1.82, 2.24) is 5.32 Å². The third-order valence-electron chi connectivity index (χ3n) is 4.09. The topological polar surface area (TPSA) is 80.9 Å². The summed E-state index contributed by atoms with van der Waals surface area (Å²) >= 11 is 11.4. The van der Waals surface area contributed by atoms with Crippen LogP contribution in [0.4, 0.5) is 11.4 Å². The molecule has 0 saturated carbocycles. The normalized spacial score (nSPS) is 11.7. The SMILES string of the molecule is COc1ccc([C@@H](CNC(=S)Nc2cc([N+](=O)[O-])ccc2Cl)[NH+](C)C)cc1. The van der Waals surface area contributed by atoms with E-state index in [1.165, 1.54) is 23.1 Å². The molecular formula is C18H22ClN4O3S+. The van der Waals surface area contributed by atoms with Gasteiger partial charge < -0.3 is 20.3 Å². The Hall–Kier alpha value is -2.42. The van der Waals surface area contributed by atoms with Crippen molar-refractivity contribution in [3.63, 3.8) is 0 Å². The Morgan fingerprint density at radius 2 is 1.96 bits per heavy atom. The van der Waals surface area contributed by atoms with Gasteiger partial charge in [0.05, 0.1) is 43.4 Å². The van der Waals surface area contributed by atoms with Crippen molar-refractivity contribution in [2.75, 3.05) is 33.1 Å². The van der Waals surface area contributed by atoms with Crippen molar-refractivity contribution < 1.29 is 14.6 Å². The lowest BCUT2D eigenvalue weighted by Crippen LogP contribution is -3.07. The molecule has 7 nitrogen and oxygen atoms in total. The van der Waals surface area contributed by atoms with Gasteiger partial charge in [-0.05, 0) is 42.5 Å². The summed E-state index contributed by atoms with van der Waals surface area (Å²) in [7, 11) is 5.75. The maximum Gasteiger partial charge on any atom is 0.271 e. The van der Waals surface area contributed by atoms with Crippen molar-refractivity contribution in [2.45, 2.75) is 6.04 Å². The first-order chi connectivity index (χ1) is 12.8. The molecule has 0 amide bonds. The van der Waals surface area contributed by atoms with Gasteiger partial charge in [0.2, 0.25) is 0 Å². The highest BCUT2D eigenvalue weighted by atomic mass is 35.5. The molecule has 27 heavy (non-hydrogen) atoms. The largest absolute Gasteiger partial charge is 0.497 e. The molecule has 0 fully saturated rings. The van der Waals surface area contributed by atoms with Crippen molar-refractivity contribution in [1.29, 1.82) is 0 Å². The van der Waals surface area contributed by atoms with E-state index < -0.39 is 4.92 Å². The summed E-state index contributed by atoms with van der Waals surface area (Å²) in [6.45, 7) is 0.576. The van der Waals surface area contributed by atoms with Gasteiger partial charge in [0.25, 0.3) is 5.69 Å². The summed E-state index contributed by atoms with van der Waals surface area (Å²) in [6.07, 6.45) is 0. The molecule has 144 valence electrons. The van der Waals surface area contributed by atoms with E-state index in [9.17, 15) is 10.1 Å². The number of quaternary nitrogens is 1. The molecule has 0 unspecified atom stereocenters. The lowest BCUT2D eigenvalue weighted by Gasteiger charge is -2.23. The smallest absolute Gasteiger partial charge is 0.271 e. The fourth-order valence-electron chi connectivity index (χ4n) is 2.58. The molecule has 0 aromatic heterocycles. The third-order valence-corrected chi connectivity index (χ3v) is 4.67. The lowest BCUT2D eigenvalue weighted by molar-refractivity contribution is -0.890. The van der Waals surface area contributed by atoms with Crippen LogP contribution in [0.2, 0.25) is 5.02 Å². The average Bonchev–Trinajstić information content (AvgIpc) is 2.63. The van der Waals surface area contributed by atoms with Gasteiger partial charge in [0.15, 0.2) is 5.11 Å². The van der Waals surface area contributed by atoms with Crippen LogP contribution in [0.15, 0.2) is 42.5 Å². The van der Waals surface area contributed by atoms with E-state index in [2.05, 4.69) is 24.7 Å². The number of rotatable bonds is 7. The molecule has 9 heteroatoms. The minimum atomic E-state index is -0.479. The molecule has 1 atom stereocenters. The van der Waals surface area contributed by atoms with Crippen LogP contribution in [0.5, 0.6) is 5.75 Å². The Labute approximate surface area is 168 Å². The minimum Gasteiger partial charge on any atom is -0.497 e. The number of likely N-dealkylation sites (N-methyl/N-ethyl adjacent to an activating group) is 1. The maximum absolute atomic E-state index is 10.9. The molecule has 2 rings (SSSR count). The Morgan fingerprint density at radius 3 is 2.52 bits per heavy atom. The summed E-state index contributed by atoms with van der Waals surface area (Å²) in [4.78, 5) is 11.7. The molecule has 2 aromatic rings. The molecular weight excluding hydrogens is 388 g/mol. The Bertz CT molecular complexity index is 815. The number of hydrogen-bond donors (Lipinski definition) is 3. The molecule has 0 radical (unpaired) electrons. The Morgan fingerprint density at radius 1 is 1.30 bits per heavy atom. The van der Waals surface area contributed by atoms with E-state index in [0.29, 0.717) is 22.4 Å². The van der Waals surface area contributed by atoms with Crippen LogP contribution < -0.4 is 20.3 Å². The molecule has 0 aliphatic rings. The van der Waals surface area contributed by atoms with Gasteiger partial charge in [0.1, 0.15) is 11.8 Å². The first kappa shape index (κ1) is 20.9. The molecule has 0 bridgehead atoms. The average molecular weight is 410 g/mol. The van der Waals surface area contributed by atoms with Gasteiger partial charge in [-0.25, -0.2) is 0 Å². The van der Waals surface area contributed by atoms with E-state index in [-0.39, 0.29) is 11.7 Å². The van der Waals surface area contributed by atoms with Crippen molar-refractivity contribution >= 4 is 40.3 Å². The molecule has 2 aromatic carbocycles. The molecule has 0 spiro atoms. The highest BCUT2D eigenvalue weighted by Crippen LogP contribution is 2.26. The van der Waals surface area contributed by atoms with Gasteiger partial charge in [0, 0.05) is 17.7 Å². The van der Waals surface area contributed by atoms with E-state index in [1.54, 1.807) is 7.11 Å². The number of nitrogens with zero attached hydrogens (tertiary/aromatic N) is 1. The molecule has 0 heterocycles. The van der Waals surface area contributed by atoms with Crippen LogP contribution in [0.3, 0.4) is 0 Å². The summed E-state index contributed by atoms with van der Waals surface area (Å²) in [5.74, 6) is 0.803. The monoisotopic (exact) mass is 409 g/mol. The minimum absolute atomic E-state index is 0.0569. The van der Waals surface area contributed by atoms with E-state index in [1.807, 2.05) is 24.3 Å². The highest BCUT2D eigenvalue weighted by Gasteiger charge is 2.18. The van der Waals surface area contributed by atoms with Gasteiger partial charge in [-0.2, -0.15) is 0 Å². The lowest BCUT2D eigenvalue weighted by atomic mass is 10.1. The van der Waals surface area contributed by atoms with Crippen molar-refractivity contribution in [2.24, 2.45) is 0 Å². The number of benzene rings is 2. The fourth-order valence-corrected chi connectivity index (χ4v) is 2.93. The number of nitro benzene ring substituents is 1. The van der Waals surface area contributed by atoms with Crippen LogP contribution in [0, 0.1) is 10.1 Å². The molecule has 3 N–H and O–H groups in total. The number of hydrogen-bond acceptors (Lipinski definition) is 4. The molecule has 0 saturated heterocycles. The first-order valence-corrected chi connectivity index (χ1v) is 9.03. The number of ether oxygens (including phenoxy) is 1. The first-order valence-electron chi connectivity index (χ1n) is 8.24. The van der Waals surface area contributed by atoms with Crippen LogP contribution in [0.25, 0.3) is 0 Å². The number of nitrogens with one attached hydrogen (secondary N) is 3. The maximum atomic E-state index is 10.9. The van der Waals surface area contributed by atoms with Crippen LogP contribution in [-0.4, -0.2) is 37.8 Å². The highest BCUT2D eigenvalue weighted by molar-refractivity contribution is 7.80. The van der Waals surface area contributed by atoms with Crippen molar-refractivity contribution in [3.8, 4) is 5.75 Å². The Kier molecular flexibility index (Phi) is 7.35. The zero-order valence-corrected chi connectivity index (χ0v) is 16.9. The van der Waals surface area contributed by atoms with Gasteiger partial charge in [-0.15, -0.1) is 0 Å². The number of non-ortho nitro benzene ring substituents is 1. The second-order valence-corrected chi connectivity index (χ2v) is 6.97. The predicted octanol–water partition coefficient (Wildman–Crippen LogP) is 2.43. The number of anilines is 1. The number of methoxy groups -OCH3 is 1. The summed E-state index contributed by atoms with van der Waals surface area (Å²) < 4.78 is 5.20. The van der Waals surface area contributed by atoms with Crippen LogP contribution in [0.1, 0.15) is 11.6 Å². The van der Waals surface area contributed by atoms with E-state index in [4.69, 9.17) is 28.6 Å². The van der Waals surface area contributed by atoms with Gasteiger partial charge >= 0.3 is 0 Å². The van der Waals surface area contributed by atoms with Crippen molar-refractivity contribution in [3.05, 3.63) is 63.2 Å². The standard InChI is InChI=1S/C18H21ClN4O3S/c1-22(2)17(12-4-7-14(26-3)8-5-12)11-20-18(27)21-16-10-13(23(24)25)6-9-15(16)19/h4-10,17H,11H2,1-3H3,(H2,20,21,27)/p+1/t17-/m1/s1. The molecule has 0 aliphatic carbocycles.